The van der Waals surface area contributed by atoms with Crippen LogP contribution in [-0.4, -0.2) is 57.3 Å². The number of methoxy groups -OCH3 is 1. The lowest BCUT2D eigenvalue weighted by Crippen LogP contribution is -2.35. The molecular formula is C20H31N3O5S. The lowest BCUT2D eigenvalue weighted by atomic mass is 10.2. The molecule has 29 heavy (non-hydrogen) atoms. The maximum atomic E-state index is 12.9. The molecule has 0 radical (unpaired) electrons. The molecular weight excluding hydrogens is 394 g/mol. The Labute approximate surface area is 173 Å². The zero-order chi connectivity index (χ0) is 21.4. The van der Waals surface area contributed by atoms with E-state index in [1.54, 1.807) is 13.8 Å². The first-order valence-electron chi connectivity index (χ1n) is 10.1. The second kappa shape index (κ2) is 10.6. The smallest absolute Gasteiger partial charge is 0.251 e. The fourth-order valence-corrected chi connectivity index (χ4v) is 5.12. The minimum Gasteiger partial charge on any atom is -0.495 e. The van der Waals surface area contributed by atoms with Crippen molar-refractivity contribution in [3.8, 4) is 5.75 Å². The van der Waals surface area contributed by atoms with Gasteiger partial charge in [-0.05, 0) is 31.0 Å². The summed E-state index contributed by atoms with van der Waals surface area (Å²) < 4.78 is 32.3. The highest BCUT2D eigenvalue weighted by molar-refractivity contribution is 7.89. The van der Waals surface area contributed by atoms with Gasteiger partial charge in [-0.2, -0.15) is 4.31 Å². The quantitative estimate of drug-likeness (QED) is 0.596. The molecule has 0 atom stereocenters. The van der Waals surface area contributed by atoms with E-state index in [0.29, 0.717) is 13.1 Å². The summed E-state index contributed by atoms with van der Waals surface area (Å²) in [6.07, 6.45) is 4.47. The molecule has 1 aliphatic rings. The molecule has 0 saturated heterocycles. The molecule has 0 unspecified atom stereocenters. The van der Waals surface area contributed by atoms with Gasteiger partial charge < -0.3 is 15.4 Å². The number of hydrogen-bond acceptors (Lipinski definition) is 5. The monoisotopic (exact) mass is 425 g/mol. The van der Waals surface area contributed by atoms with Crippen LogP contribution in [0.3, 0.4) is 0 Å². The van der Waals surface area contributed by atoms with Gasteiger partial charge in [-0.3, -0.25) is 9.59 Å². The van der Waals surface area contributed by atoms with E-state index in [4.69, 9.17) is 4.74 Å². The molecule has 0 spiro atoms. The molecule has 0 heterocycles. The summed E-state index contributed by atoms with van der Waals surface area (Å²) in [4.78, 5) is 24.4. The number of benzene rings is 1. The van der Waals surface area contributed by atoms with Gasteiger partial charge in [0.1, 0.15) is 10.6 Å². The second-order valence-corrected chi connectivity index (χ2v) is 8.92. The van der Waals surface area contributed by atoms with Crippen molar-refractivity contribution in [2.75, 3.05) is 26.7 Å². The van der Waals surface area contributed by atoms with Crippen molar-refractivity contribution in [3.63, 3.8) is 0 Å². The van der Waals surface area contributed by atoms with E-state index in [9.17, 15) is 18.0 Å². The molecule has 0 bridgehead atoms. The topological polar surface area (TPSA) is 105 Å². The van der Waals surface area contributed by atoms with E-state index < -0.39 is 15.9 Å². The zero-order valence-electron chi connectivity index (χ0n) is 17.4. The molecule has 0 aliphatic heterocycles. The number of carbonyl (C=O) groups excluding carboxylic acids is 2. The van der Waals surface area contributed by atoms with Crippen molar-refractivity contribution in [3.05, 3.63) is 23.8 Å². The first-order valence-corrected chi connectivity index (χ1v) is 11.5. The van der Waals surface area contributed by atoms with Crippen LogP contribution >= 0.6 is 0 Å². The van der Waals surface area contributed by atoms with E-state index in [1.807, 2.05) is 0 Å². The maximum absolute atomic E-state index is 12.9. The van der Waals surface area contributed by atoms with Crippen LogP contribution in [0.15, 0.2) is 23.1 Å². The predicted molar refractivity (Wildman–Crippen MR) is 110 cm³/mol. The summed E-state index contributed by atoms with van der Waals surface area (Å²) in [7, 11) is -2.39. The Morgan fingerprint density at radius 1 is 1.17 bits per heavy atom. The molecule has 2 N–H and O–H groups in total. The number of ether oxygens (including phenoxy) is 1. The van der Waals surface area contributed by atoms with Gasteiger partial charge in [0.15, 0.2) is 0 Å². The van der Waals surface area contributed by atoms with Crippen molar-refractivity contribution in [2.45, 2.75) is 56.9 Å². The average Bonchev–Trinajstić information content (AvgIpc) is 3.21. The van der Waals surface area contributed by atoms with Crippen molar-refractivity contribution >= 4 is 21.8 Å². The molecule has 162 valence electrons. The summed E-state index contributed by atoms with van der Waals surface area (Å²) in [5.41, 5.74) is 0.202. The first-order chi connectivity index (χ1) is 13.8. The molecule has 9 heteroatoms. The van der Waals surface area contributed by atoms with Gasteiger partial charge in [0, 0.05) is 37.7 Å². The molecule has 1 aromatic rings. The van der Waals surface area contributed by atoms with Crippen LogP contribution in [0.2, 0.25) is 0 Å². The Kier molecular flexibility index (Phi) is 8.45. The summed E-state index contributed by atoms with van der Waals surface area (Å²) >= 11 is 0. The lowest BCUT2D eigenvalue weighted by Gasteiger charge is -2.20. The fourth-order valence-electron chi connectivity index (χ4n) is 3.48. The summed E-state index contributed by atoms with van der Waals surface area (Å²) in [5, 5.41) is 5.65. The molecule has 1 fully saturated rings. The fraction of sp³-hybridized carbons (Fsp3) is 0.600. The van der Waals surface area contributed by atoms with E-state index in [-0.39, 0.29) is 41.1 Å². The molecule has 8 nitrogen and oxygen atoms in total. The minimum atomic E-state index is -3.78. The second-order valence-electron chi connectivity index (χ2n) is 7.01. The summed E-state index contributed by atoms with van der Waals surface area (Å²) in [5.74, 6) is -0.335. The predicted octanol–water partition coefficient (Wildman–Crippen LogP) is 1.90. The Hall–Kier alpha value is -2.13. The van der Waals surface area contributed by atoms with Gasteiger partial charge in [-0.1, -0.05) is 26.7 Å². The van der Waals surface area contributed by atoms with Crippen molar-refractivity contribution in [1.82, 2.24) is 14.9 Å². The van der Waals surface area contributed by atoms with Crippen LogP contribution in [0.5, 0.6) is 5.75 Å². The van der Waals surface area contributed by atoms with E-state index >= 15 is 0 Å². The third-order valence-corrected chi connectivity index (χ3v) is 7.18. The number of nitrogens with zero attached hydrogens (tertiary/aromatic N) is 1. The number of amides is 2. The van der Waals surface area contributed by atoms with E-state index in [0.717, 1.165) is 25.7 Å². The molecule has 1 saturated carbocycles. The van der Waals surface area contributed by atoms with Crippen molar-refractivity contribution in [1.29, 1.82) is 0 Å². The third kappa shape index (κ3) is 5.93. The number of carbonyl (C=O) groups is 2. The van der Waals surface area contributed by atoms with Gasteiger partial charge in [-0.25, -0.2) is 8.42 Å². The average molecular weight is 426 g/mol. The number of sulfonamides is 1. The number of nitrogens with one attached hydrogen (secondary N) is 2. The maximum Gasteiger partial charge on any atom is 0.251 e. The Morgan fingerprint density at radius 2 is 1.83 bits per heavy atom. The van der Waals surface area contributed by atoms with Crippen LogP contribution in [0.4, 0.5) is 0 Å². The standard InChI is InChI=1S/C20H31N3O5S/c1-4-23(5-2)29(26,27)18-14-15(10-11-17(18)28-3)20(25)21-13-12-19(24)22-16-8-6-7-9-16/h10-11,14,16H,4-9,12-13H2,1-3H3,(H,21,25)(H,22,24). The van der Waals surface area contributed by atoms with Crippen LogP contribution < -0.4 is 15.4 Å². The Balaban J connectivity index is 2.04. The molecule has 0 aromatic heterocycles. The van der Waals surface area contributed by atoms with Crippen LogP contribution in [-0.2, 0) is 14.8 Å². The molecule has 1 aliphatic carbocycles. The normalized spacial score (nSPS) is 14.8. The zero-order valence-corrected chi connectivity index (χ0v) is 18.2. The van der Waals surface area contributed by atoms with Gasteiger partial charge in [0.25, 0.3) is 5.91 Å². The molecule has 2 rings (SSSR count). The highest BCUT2D eigenvalue weighted by atomic mass is 32.2. The minimum absolute atomic E-state index is 0.0460. The van der Waals surface area contributed by atoms with Crippen LogP contribution in [0, 0.1) is 0 Å². The Morgan fingerprint density at radius 3 is 2.41 bits per heavy atom. The number of rotatable bonds is 10. The van der Waals surface area contributed by atoms with Gasteiger partial charge >= 0.3 is 0 Å². The summed E-state index contributed by atoms with van der Waals surface area (Å²) in [6.45, 7) is 4.31. The lowest BCUT2D eigenvalue weighted by molar-refractivity contribution is -0.121. The Bertz CT molecular complexity index is 815. The molecule has 1 aromatic carbocycles. The van der Waals surface area contributed by atoms with Gasteiger partial charge in [0.2, 0.25) is 15.9 Å². The third-order valence-electron chi connectivity index (χ3n) is 5.11. The van der Waals surface area contributed by atoms with Gasteiger partial charge in [-0.15, -0.1) is 0 Å². The molecule has 2 amide bonds. The van der Waals surface area contributed by atoms with Crippen molar-refractivity contribution < 1.29 is 22.7 Å². The van der Waals surface area contributed by atoms with Gasteiger partial charge in [0.05, 0.1) is 7.11 Å². The highest BCUT2D eigenvalue weighted by Gasteiger charge is 2.27. The highest BCUT2D eigenvalue weighted by Crippen LogP contribution is 2.28. The number of hydrogen-bond donors (Lipinski definition) is 2. The van der Waals surface area contributed by atoms with Crippen molar-refractivity contribution in [2.24, 2.45) is 0 Å². The summed E-state index contributed by atoms with van der Waals surface area (Å²) in [6, 6.07) is 4.54. The van der Waals surface area contributed by atoms with E-state index in [2.05, 4.69) is 10.6 Å². The van der Waals surface area contributed by atoms with Crippen LogP contribution in [0.1, 0.15) is 56.3 Å². The van der Waals surface area contributed by atoms with E-state index in [1.165, 1.54) is 29.6 Å². The SMILES string of the molecule is CCN(CC)S(=O)(=O)c1cc(C(=O)NCCC(=O)NC2CCCC2)ccc1OC. The first kappa shape index (κ1) is 23.2. The van der Waals surface area contributed by atoms with Crippen LogP contribution in [0.25, 0.3) is 0 Å². The largest absolute Gasteiger partial charge is 0.495 e.